The third kappa shape index (κ3) is 35.3. The van der Waals surface area contributed by atoms with Gasteiger partial charge in [0.25, 0.3) is 0 Å². The summed E-state index contributed by atoms with van der Waals surface area (Å²) < 4.78 is 33.2. The monoisotopic (exact) mass is 709 g/mol. The average molecular weight is 709 g/mol. The molecule has 0 bridgehead atoms. The van der Waals surface area contributed by atoms with Crippen molar-refractivity contribution in [3.8, 4) is 0 Å². The largest absolute Gasteiger partial charge is 0.472 e. The summed E-state index contributed by atoms with van der Waals surface area (Å²) in [6, 6.07) is 0. The van der Waals surface area contributed by atoms with Crippen LogP contribution in [0.4, 0.5) is 0 Å². The Kier molecular flexibility index (Phi) is 35.8. The van der Waals surface area contributed by atoms with Gasteiger partial charge in [-0.1, -0.05) is 174 Å². The molecular weight excluding hydrogens is 631 g/mol. The lowest BCUT2D eigenvalue weighted by atomic mass is 10.0. The molecule has 0 aromatic rings. The van der Waals surface area contributed by atoms with Gasteiger partial charge in [-0.25, -0.2) is 4.57 Å². The molecule has 0 aliphatic rings. The Hall–Kier alpha value is -0.540. The van der Waals surface area contributed by atoms with Crippen LogP contribution in [0.15, 0.2) is 0 Å². The van der Waals surface area contributed by atoms with Gasteiger partial charge in [0.1, 0.15) is 12.2 Å². The molecule has 3 atom stereocenters. The zero-order valence-corrected chi connectivity index (χ0v) is 32.1. The number of hydrogen-bond acceptors (Lipinski definition) is 8. The highest BCUT2D eigenvalue weighted by Gasteiger charge is 2.26. The maximum atomic E-state index is 12.6. The van der Waals surface area contributed by atoms with Gasteiger partial charge in [0, 0.05) is 13.0 Å². The van der Waals surface area contributed by atoms with E-state index >= 15 is 0 Å². The second-order valence-corrected chi connectivity index (χ2v) is 15.1. The van der Waals surface area contributed by atoms with Crippen LogP contribution in [0, 0.1) is 0 Å². The van der Waals surface area contributed by atoms with Gasteiger partial charge in [0.2, 0.25) is 0 Å². The first-order chi connectivity index (χ1) is 23.3. The number of hydrogen-bond donors (Lipinski definition) is 3. The van der Waals surface area contributed by atoms with E-state index in [1.165, 1.54) is 141 Å². The summed E-state index contributed by atoms with van der Waals surface area (Å²) >= 11 is 0. The van der Waals surface area contributed by atoms with Gasteiger partial charge in [-0.3, -0.25) is 13.8 Å². The number of ether oxygens (including phenoxy) is 2. The number of phosphoric acid groups is 1. The minimum Gasteiger partial charge on any atom is -0.457 e. The first kappa shape index (κ1) is 47.5. The van der Waals surface area contributed by atoms with Gasteiger partial charge in [0.15, 0.2) is 0 Å². The van der Waals surface area contributed by atoms with Crippen molar-refractivity contribution in [1.29, 1.82) is 0 Å². The van der Waals surface area contributed by atoms with Crippen LogP contribution in [-0.2, 0) is 27.9 Å². The number of rotatable bonds is 39. The minimum atomic E-state index is -4.50. The number of carbonyl (C=O) groups excluding carboxylic acids is 1. The molecular formula is C38H77O9P. The Balaban J connectivity index is 4.12. The topological polar surface area (TPSA) is 132 Å². The van der Waals surface area contributed by atoms with E-state index in [-0.39, 0.29) is 25.6 Å². The molecule has 0 saturated heterocycles. The highest BCUT2D eigenvalue weighted by atomic mass is 31.2. The molecule has 0 heterocycles. The summed E-state index contributed by atoms with van der Waals surface area (Å²) in [7, 11) is -4.50. The maximum absolute atomic E-state index is 12.6. The summed E-state index contributed by atoms with van der Waals surface area (Å²) in [6.45, 7) is 3.54. The molecule has 3 unspecified atom stereocenters. The molecule has 9 nitrogen and oxygen atoms in total. The average Bonchev–Trinajstić information content (AvgIpc) is 3.07. The summed E-state index contributed by atoms with van der Waals surface area (Å²) in [6.07, 6.45) is 32.0. The second-order valence-electron chi connectivity index (χ2n) is 13.7. The number of aliphatic hydroxyl groups is 2. The molecule has 0 fully saturated rings. The van der Waals surface area contributed by atoms with Crippen molar-refractivity contribution in [2.75, 3.05) is 33.0 Å². The van der Waals surface area contributed by atoms with E-state index in [1.54, 1.807) is 0 Å². The van der Waals surface area contributed by atoms with E-state index in [2.05, 4.69) is 13.8 Å². The van der Waals surface area contributed by atoms with Crippen molar-refractivity contribution in [2.45, 2.75) is 206 Å². The fourth-order valence-corrected chi connectivity index (χ4v) is 6.50. The molecule has 0 aromatic heterocycles. The van der Waals surface area contributed by atoms with Crippen LogP contribution in [0.25, 0.3) is 0 Å². The predicted octanol–water partition coefficient (Wildman–Crippen LogP) is 10.4. The number of aliphatic hydroxyl groups excluding tert-OH is 2. The molecule has 0 aromatic carbocycles. The summed E-state index contributed by atoms with van der Waals surface area (Å²) in [5.74, 6) is -0.378. The molecule has 10 heteroatoms. The summed E-state index contributed by atoms with van der Waals surface area (Å²) in [5.41, 5.74) is 0. The minimum absolute atomic E-state index is 0.0570. The fourth-order valence-electron chi connectivity index (χ4n) is 5.71. The Morgan fingerprint density at radius 3 is 1.35 bits per heavy atom. The second kappa shape index (κ2) is 36.3. The quantitative estimate of drug-likeness (QED) is 0.0324. The van der Waals surface area contributed by atoms with Crippen LogP contribution in [0.2, 0.25) is 0 Å². The molecule has 48 heavy (non-hydrogen) atoms. The van der Waals surface area contributed by atoms with E-state index < -0.39 is 33.2 Å². The van der Waals surface area contributed by atoms with Gasteiger partial charge >= 0.3 is 13.8 Å². The van der Waals surface area contributed by atoms with Crippen molar-refractivity contribution in [2.24, 2.45) is 0 Å². The van der Waals surface area contributed by atoms with Crippen molar-refractivity contribution >= 4 is 13.8 Å². The zero-order chi connectivity index (χ0) is 35.4. The number of phosphoric ester groups is 1. The van der Waals surface area contributed by atoms with Gasteiger partial charge in [-0.05, 0) is 12.8 Å². The standard InChI is InChI=1S/C38H77O9P/c1-3-5-7-9-11-13-15-16-17-18-19-20-21-22-24-26-28-30-38(41)47-37(35-46-48(42,43)45-33-36(40)32-39)34-44-31-29-27-25-23-14-12-10-8-6-4-2/h36-37,39-40H,3-35H2,1-2H3,(H,42,43). The Labute approximate surface area is 295 Å². The fraction of sp³-hybridized carbons (Fsp3) is 0.974. The molecule has 0 rings (SSSR count). The normalized spacial score (nSPS) is 14.2. The lowest BCUT2D eigenvalue weighted by Gasteiger charge is -2.20. The van der Waals surface area contributed by atoms with Gasteiger partial charge in [-0.2, -0.15) is 0 Å². The van der Waals surface area contributed by atoms with E-state index in [1.807, 2.05) is 0 Å². The van der Waals surface area contributed by atoms with Crippen LogP contribution in [0.3, 0.4) is 0 Å². The van der Waals surface area contributed by atoms with Crippen LogP contribution < -0.4 is 0 Å². The molecule has 0 aliphatic carbocycles. The van der Waals surface area contributed by atoms with Crippen LogP contribution in [0.1, 0.15) is 194 Å². The van der Waals surface area contributed by atoms with Gasteiger partial charge in [-0.15, -0.1) is 0 Å². The molecule has 0 amide bonds. The SMILES string of the molecule is CCCCCCCCCCCCCCCCCCCC(=O)OC(COCCCCCCCCCCCC)COP(=O)(O)OCC(O)CO. The van der Waals surface area contributed by atoms with E-state index in [0.29, 0.717) is 6.61 Å². The highest BCUT2D eigenvalue weighted by molar-refractivity contribution is 7.47. The van der Waals surface area contributed by atoms with Crippen molar-refractivity contribution in [3.63, 3.8) is 0 Å². The van der Waals surface area contributed by atoms with E-state index in [4.69, 9.17) is 23.6 Å². The Morgan fingerprint density at radius 1 is 0.562 bits per heavy atom. The molecule has 288 valence electrons. The smallest absolute Gasteiger partial charge is 0.457 e. The van der Waals surface area contributed by atoms with E-state index in [9.17, 15) is 19.4 Å². The van der Waals surface area contributed by atoms with Crippen LogP contribution >= 0.6 is 7.82 Å². The van der Waals surface area contributed by atoms with Crippen LogP contribution in [-0.4, -0.2) is 66.3 Å². The van der Waals surface area contributed by atoms with Gasteiger partial charge in [0.05, 0.1) is 26.4 Å². The molecule has 0 saturated carbocycles. The predicted molar refractivity (Wildman–Crippen MR) is 196 cm³/mol. The molecule has 0 radical (unpaired) electrons. The summed E-state index contributed by atoms with van der Waals surface area (Å²) in [4.78, 5) is 22.5. The van der Waals surface area contributed by atoms with Gasteiger partial charge < -0.3 is 24.6 Å². The number of unbranched alkanes of at least 4 members (excludes halogenated alkanes) is 25. The highest BCUT2D eigenvalue weighted by Crippen LogP contribution is 2.43. The first-order valence-corrected chi connectivity index (χ1v) is 21.5. The van der Waals surface area contributed by atoms with Crippen molar-refractivity contribution in [3.05, 3.63) is 0 Å². The zero-order valence-electron chi connectivity index (χ0n) is 31.2. The van der Waals surface area contributed by atoms with Crippen LogP contribution in [0.5, 0.6) is 0 Å². The number of esters is 1. The lowest BCUT2D eigenvalue weighted by Crippen LogP contribution is -2.29. The number of carbonyl (C=O) groups is 1. The Bertz CT molecular complexity index is 724. The maximum Gasteiger partial charge on any atom is 0.472 e. The van der Waals surface area contributed by atoms with E-state index in [0.717, 1.165) is 32.1 Å². The summed E-state index contributed by atoms with van der Waals surface area (Å²) in [5, 5.41) is 18.3. The Morgan fingerprint density at radius 2 is 0.938 bits per heavy atom. The molecule has 3 N–H and O–H groups in total. The third-order valence-electron chi connectivity index (χ3n) is 8.79. The van der Waals surface area contributed by atoms with Crippen molar-refractivity contribution in [1.82, 2.24) is 0 Å². The lowest BCUT2D eigenvalue weighted by molar-refractivity contribution is -0.154. The first-order valence-electron chi connectivity index (χ1n) is 20.0. The molecule has 0 spiro atoms. The third-order valence-corrected chi connectivity index (χ3v) is 9.74. The van der Waals surface area contributed by atoms with Crippen molar-refractivity contribution < 1.29 is 43.0 Å². The molecule has 0 aliphatic heterocycles.